The van der Waals surface area contributed by atoms with Gasteiger partial charge in [-0.25, -0.2) is 4.98 Å². The monoisotopic (exact) mass is 409 g/mol. The number of aliphatic hydroxyl groups excluding tert-OH is 1. The highest BCUT2D eigenvalue weighted by molar-refractivity contribution is 7.21. The normalized spacial score (nSPS) is 11.3. The molecule has 1 aromatic heterocycles. The summed E-state index contributed by atoms with van der Waals surface area (Å²) >= 11 is 1.67. The molecule has 0 spiro atoms. The Morgan fingerprint density at radius 2 is 1.55 bits per heavy atom. The van der Waals surface area contributed by atoms with Crippen molar-refractivity contribution in [1.29, 1.82) is 0 Å². The molecule has 0 amide bonds. The fraction of sp³-hybridized carbons (Fsp3) is 0.261. The smallest absolute Gasteiger partial charge is 0.130 e. The van der Waals surface area contributed by atoms with E-state index >= 15 is 0 Å². The fourth-order valence-corrected chi connectivity index (χ4v) is 4.20. The van der Waals surface area contributed by atoms with Crippen LogP contribution in [0.2, 0.25) is 0 Å². The largest absolute Gasteiger partial charge is 0.490 e. The summed E-state index contributed by atoms with van der Waals surface area (Å²) in [6, 6.07) is 20.5. The topological polar surface area (TPSA) is 60.8 Å². The summed E-state index contributed by atoms with van der Waals surface area (Å²) < 4.78 is 18.0. The van der Waals surface area contributed by atoms with Crippen LogP contribution in [0.1, 0.15) is 0 Å². The molecule has 0 saturated heterocycles. The maximum absolute atomic E-state index is 8.68. The lowest BCUT2D eigenvalue weighted by Crippen LogP contribution is -2.12. The van der Waals surface area contributed by atoms with Crippen molar-refractivity contribution in [2.24, 2.45) is 0 Å². The average Bonchev–Trinajstić information content (AvgIpc) is 3.19. The molecule has 0 radical (unpaired) electrons. The lowest BCUT2D eigenvalue weighted by Gasteiger charge is -2.13. The van der Waals surface area contributed by atoms with Crippen LogP contribution in [-0.2, 0) is 9.47 Å². The second-order valence-electron chi connectivity index (χ2n) is 6.44. The number of hydrogen-bond acceptors (Lipinski definition) is 6. The average molecular weight is 410 g/mol. The van der Waals surface area contributed by atoms with E-state index < -0.39 is 0 Å². The first kappa shape index (κ1) is 19.8. The SMILES string of the molecule is OCCOCCOCCOc1ccc2ccccc2c1-c1nc2ccccc2s1. The summed E-state index contributed by atoms with van der Waals surface area (Å²) in [6.07, 6.45) is 0. The number of fused-ring (bicyclic) bond motifs is 2. The molecule has 0 unspecified atom stereocenters. The number of aromatic nitrogens is 1. The lowest BCUT2D eigenvalue weighted by molar-refractivity contribution is 0.0248. The summed E-state index contributed by atoms with van der Waals surface area (Å²) in [5.41, 5.74) is 2.02. The molecule has 0 aliphatic carbocycles. The number of rotatable bonds is 10. The number of hydrogen-bond donors (Lipinski definition) is 1. The van der Waals surface area contributed by atoms with Crippen LogP contribution in [0.15, 0.2) is 60.7 Å². The van der Waals surface area contributed by atoms with E-state index in [1.54, 1.807) is 11.3 Å². The Hall–Kier alpha value is -2.51. The Kier molecular flexibility index (Phi) is 6.69. The van der Waals surface area contributed by atoms with E-state index in [2.05, 4.69) is 24.3 Å². The third-order valence-corrected chi connectivity index (χ3v) is 5.55. The van der Waals surface area contributed by atoms with Crippen molar-refractivity contribution < 1.29 is 19.3 Å². The molecule has 4 aromatic rings. The first-order valence-electron chi connectivity index (χ1n) is 9.63. The summed E-state index contributed by atoms with van der Waals surface area (Å²) in [5, 5.41) is 11.9. The van der Waals surface area contributed by atoms with Crippen LogP contribution in [-0.4, -0.2) is 49.7 Å². The van der Waals surface area contributed by atoms with Gasteiger partial charge in [-0.3, -0.25) is 0 Å². The maximum Gasteiger partial charge on any atom is 0.130 e. The van der Waals surface area contributed by atoms with Gasteiger partial charge in [0.15, 0.2) is 0 Å². The molecule has 0 aliphatic heterocycles. The summed E-state index contributed by atoms with van der Waals surface area (Å²) in [4.78, 5) is 4.85. The molecule has 5 nitrogen and oxygen atoms in total. The van der Waals surface area contributed by atoms with Crippen molar-refractivity contribution in [2.45, 2.75) is 0 Å². The van der Waals surface area contributed by atoms with E-state index in [4.69, 9.17) is 24.3 Å². The van der Waals surface area contributed by atoms with Gasteiger partial charge < -0.3 is 19.3 Å². The van der Waals surface area contributed by atoms with E-state index in [0.29, 0.717) is 33.0 Å². The van der Waals surface area contributed by atoms with E-state index in [-0.39, 0.29) is 6.61 Å². The molecule has 150 valence electrons. The molecule has 0 bridgehead atoms. The Labute approximate surface area is 173 Å². The van der Waals surface area contributed by atoms with Crippen LogP contribution < -0.4 is 4.74 Å². The second kappa shape index (κ2) is 9.80. The van der Waals surface area contributed by atoms with Crippen LogP contribution in [0.5, 0.6) is 5.75 Å². The summed E-state index contributed by atoms with van der Waals surface area (Å²) in [5.74, 6) is 0.808. The van der Waals surface area contributed by atoms with Gasteiger partial charge in [0.25, 0.3) is 0 Å². The van der Waals surface area contributed by atoms with Crippen molar-refractivity contribution in [2.75, 3.05) is 39.6 Å². The van der Waals surface area contributed by atoms with E-state index in [1.807, 2.05) is 36.4 Å². The highest BCUT2D eigenvalue weighted by Crippen LogP contribution is 2.40. The van der Waals surface area contributed by atoms with Gasteiger partial charge in [-0.1, -0.05) is 42.5 Å². The first-order chi connectivity index (χ1) is 14.4. The van der Waals surface area contributed by atoms with Gasteiger partial charge in [0.1, 0.15) is 17.4 Å². The van der Waals surface area contributed by atoms with Gasteiger partial charge in [-0.05, 0) is 29.0 Å². The molecule has 1 heterocycles. The molecule has 4 rings (SSSR count). The van der Waals surface area contributed by atoms with E-state index in [1.165, 1.54) is 0 Å². The minimum Gasteiger partial charge on any atom is -0.490 e. The zero-order valence-electron chi connectivity index (χ0n) is 16.0. The molecule has 1 N–H and O–H groups in total. The van der Waals surface area contributed by atoms with Gasteiger partial charge >= 0.3 is 0 Å². The third-order valence-electron chi connectivity index (χ3n) is 4.49. The van der Waals surface area contributed by atoms with Crippen LogP contribution in [0.25, 0.3) is 31.6 Å². The molecule has 6 heteroatoms. The number of nitrogens with zero attached hydrogens (tertiary/aromatic N) is 1. The third kappa shape index (κ3) is 4.74. The van der Waals surface area contributed by atoms with Gasteiger partial charge in [0.05, 0.1) is 48.8 Å². The first-order valence-corrected chi connectivity index (χ1v) is 10.5. The predicted octanol–water partition coefficient (Wildman–Crippen LogP) is 4.52. The van der Waals surface area contributed by atoms with Crippen molar-refractivity contribution in [3.05, 3.63) is 60.7 Å². The fourth-order valence-electron chi connectivity index (χ4n) is 3.17. The van der Waals surface area contributed by atoms with Gasteiger partial charge in [-0.2, -0.15) is 0 Å². The highest BCUT2D eigenvalue weighted by Gasteiger charge is 2.15. The van der Waals surface area contributed by atoms with E-state index in [0.717, 1.165) is 37.3 Å². The zero-order chi connectivity index (χ0) is 19.9. The summed E-state index contributed by atoms with van der Waals surface area (Å²) in [6.45, 7) is 2.21. The van der Waals surface area contributed by atoms with Crippen LogP contribution in [0, 0.1) is 0 Å². The Balaban J connectivity index is 1.54. The van der Waals surface area contributed by atoms with Crippen molar-refractivity contribution >= 4 is 32.3 Å². The molecule has 29 heavy (non-hydrogen) atoms. The Morgan fingerprint density at radius 3 is 2.41 bits per heavy atom. The molecule has 0 saturated carbocycles. The van der Waals surface area contributed by atoms with Crippen LogP contribution in [0.3, 0.4) is 0 Å². The van der Waals surface area contributed by atoms with E-state index in [9.17, 15) is 0 Å². The van der Waals surface area contributed by atoms with Gasteiger partial charge in [-0.15, -0.1) is 11.3 Å². The molecule has 3 aromatic carbocycles. The molecule has 0 atom stereocenters. The zero-order valence-corrected chi connectivity index (χ0v) is 16.9. The number of thiazole rings is 1. The highest BCUT2D eigenvalue weighted by atomic mass is 32.1. The molecule has 0 aliphatic rings. The van der Waals surface area contributed by atoms with Crippen molar-refractivity contribution in [3.8, 4) is 16.3 Å². The maximum atomic E-state index is 8.68. The molecular formula is C23H23NO4S. The molecular weight excluding hydrogens is 386 g/mol. The van der Waals surface area contributed by atoms with Gasteiger partial charge in [0.2, 0.25) is 0 Å². The number of aliphatic hydroxyl groups is 1. The predicted molar refractivity (Wildman–Crippen MR) is 117 cm³/mol. The van der Waals surface area contributed by atoms with Crippen LogP contribution in [0.4, 0.5) is 0 Å². The number of ether oxygens (including phenoxy) is 3. The minimum absolute atomic E-state index is 0.0274. The van der Waals surface area contributed by atoms with Crippen LogP contribution >= 0.6 is 11.3 Å². The number of benzene rings is 3. The van der Waals surface area contributed by atoms with Crippen molar-refractivity contribution in [1.82, 2.24) is 4.98 Å². The minimum atomic E-state index is 0.0274. The summed E-state index contributed by atoms with van der Waals surface area (Å²) in [7, 11) is 0. The quantitative estimate of drug-likeness (QED) is 0.390. The lowest BCUT2D eigenvalue weighted by atomic mass is 10.0. The standard InChI is InChI=1S/C23H23NO4S/c25-11-12-26-13-14-27-15-16-28-20-10-9-17-5-1-2-6-18(17)22(20)23-24-19-7-3-4-8-21(19)29-23/h1-10,25H,11-16H2. The second-order valence-corrected chi connectivity index (χ2v) is 7.47. The molecule has 0 fully saturated rings. The van der Waals surface area contributed by atoms with Crippen molar-refractivity contribution in [3.63, 3.8) is 0 Å². The Morgan fingerprint density at radius 1 is 0.793 bits per heavy atom. The van der Waals surface area contributed by atoms with Gasteiger partial charge in [0, 0.05) is 0 Å². The Bertz CT molecular complexity index is 1050. The number of para-hydroxylation sites is 1.